The molecule has 34 heavy (non-hydrogen) atoms. The van der Waals surface area contributed by atoms with Gasteiger partial charge in [-0.25, -0.2) is 8.42 Å². The van der Waals surface area contributed by atoms with Gasteiger partial charge in [-0.3, -0.25) is 4.79 Å². The summed E-state index contributed by atoms with van der Waals surface area (Å²) in [6, 6.07) is 11.5. The van der Waals surface area contributed by atoms with Crippen molar-refractivity contribution in [2.45, 2.75) is 113 Å². The van der Waals surface area contributed by atoms with Crippen LogP contribution in [0.1, 0.15) is 97.3 Å². The zero-order valence-electron chi connectivity index (χ0n) is 21.0. The summed E-state index contributed by atoms with van der Waals surface area (Å²) in [6.07, 6.45) is 16.7. The van der Waals surface area contributed by atoms with Gasteiger partial charge in [0.25, 0.3) is 0 Å². The fourth-order valence-corrected chi connectivity index (χ4v) is 12.0. The monoisotopic (exact) mass is 506 g/mol. The fourth-order valence-electron chi connectivity index (χ4n) is 7.28. The second-order valence-corrected chi connectivity index (χ2v) is 15.5. The van der Waals surface area contributed by atoms with Crippen LogP contribution in [0.3, 0.4) is 0 Å². The Labute approximate surface area is 209 Å². The zero-order chi connectivity index (χ0) is 24.4. The summed E-state index contributed by atoms with van der Waals surface area (Å²) in [4.78, 5) is 13.5. The highest BCUT2D eigenvalue weighted by atomic mass is 32.2. The Morgan fingerprint density at radius 2 is 1.41 bits per heavy atom. The Hall–Kier alpha value is -0.850. The number of ketones is 1. The third kappa shape index (κ3) is 5.44. The minimum absolute atomic E-state index is 0.0248. The maximum atomic E-state index is 11.8. The molecule has 0 N–H and O–H groups in total. The van der Waals surface area contributed by atoms with Crippen LogP contribution in [-0.4, -0.2) is 35.0 Å². The lowest BCUT2D eigenvalue weighted by Crippen LogP contribution is -2.42. The molecule has 4 aliphatic carbocycles. The lowest BCUT2D eigenvalue weighted by Gasteiger charge is -2.37. The number of hydrogen-bond acceptors (Lipinski definition) is 4. The summed E-state index contributed by atoms with van der Waals surface area (Å²) in [7, 11) is -3.79. The minimum Gasteiger partial charge on any atom is -0.748 e. The Morgan fingerprint density at radius 1 is 0.882 bits per heavy atom. The molecule has 0 radical (unpaired) electrons. The van der Waals surface area contributed by atoms with Crippen LogP contribution < -0.4 is 0 Å². The summed E-state index contributed by atoms with van der Waals surface area (Å²) in [5, 5.41) is 2.00. The first-order valence-corrected chi connectivity index (χ1v) is 16.3. The van der Waals surface area contributed by atoms with E-state index in [1.807, 2.05) is 13.8 Å². The summed E-state index contributed by atoms with van der Waals surface area (Å²) < 4.78 is 32.7. The highest BCUT2D eigenvalue weighted by Gasteiger charge is 2.64. The van der Waals surface area contributed by atoms with E-state index < -0.39 is 21.3 Å². The molecule has 1 aromatic carbocycles. The standard InChI is InChI=1S/C18H27S.C10H16O4S/c1-4-10-16(11-5-1)19(17-12-6-2-7-13-17)18-14-8-3-9-15-18;1-9(2)7-3-4-10(9,8(11)5-7)6-15(12,13)14/h1,4-5,10-11,17-18H,2-3,6-9,12-15H2;7H,3-6H2,1-2H3,(H,12,13,14)/q+1;/p-1. The van der Waals surface area contributed by atoms with Gasteiger partial charge in [-0.15, -0.1) is 0 Å². The van der Waals surface area contributed by atoms with Gasteiger partial charge in [0.1, 0.15) is 16.3 Å². The van der Waals surface area contributed by atoms with E-state index in [-0.39, 0.29) is 17.1 Å². The van der Waals surface area contributed by atoms with E-state index >= 15 is 0 Å². The van der Waals surface area contributed by atoms with E-state index in [2.05, 4.69) is 30.3 Å². The minimum atomic E-state index is -4.33. The van der Waals surface area contributed by atoms with Crippen molar-refractivity contribution in [1.29, 1.82) is 0 Å². The molecule has 2 bridgehead atoms. The lowest BCUT2D eigenvalue weighted by atomic mass is 9.70. The molecule has 0 heterocycles. The van der Waals surface area contributed by atoms with Gasteiger partial charge >= 0.3 is 0 Å². The van der Waals surface area contributed by atoms with Crippen LogP contribution in [0.25, 0.3) is 0 Å². The van der Waals surface area contributed by atoms with Gasteiger partial charge in [-0.2, -0.15) is 0 Å². The van der Waals surface area contributed by atoms with Crippen molar-refractivity contribution in [2.75, 3.05) is 5.75 Å². The topological polar surface area (TPSA) is 74.3 Å². The van der Waals surface area contributed by atoms with E-state index in [0.29, 0.717) is 23.7 Å². The molecule has 4 saturated carbocycles. The molecule has 0 amide bonds. The zero-order valence-corrected chi connectivity index (χ0v) is 22.6. The third-order valence-electron chi connectivity index (χ3n) is 9.40. The average molecular weight is 507 g/mol. The molecule has 2 atom stereocenters. The maximum Gasteiger partial charge on any atom is 0.155 e. The van der Waals surface area contributed by atoms with Crippen LogP contribution in [0.4, 0.5) is 0 Å². The second kappa shape index (κ2) is 10.6. The Morgan fingerprint density at radius 3 is 1.82 bits per heavy atom. The van der Waals surface area contributed by atoms with Crippen molar-refractivity contribution in [3.05, 3.63) is 30.3 Å². The lowest BCUT2D eigenvalue weighted by molar-refractivity contribution is -0.128. The van der Waals surface area contributed by atoms with Gasteiger partial charge < -0.3 is 4.55 Å². The van der Waals surface area contributed by atoms with Crippen LogP contribution in [0.2, 0.25) is 0 Å². The van der Waals surface area contributed by atoms with E-state index in [1.165, 1.54) is 64.2 Å². The Kier molecular flexibility index (Phi) is 8.20. The maximum absolute atomic E-state index is 11.8. The molecule has 0 spiro atoms. The molecule has 6 heteroatoms. The Bertz CT molecular complexity index is 912. The van der Waals surface area contributed by atoms with Crippen molar-refractivity contribution in [2.24, 2.45) is 16.7 Å². The highest BCUT2D eigenvalue weighted by molar-refractivity contribution is 7.98. The van der Waals surface area contributed by atoms with Crippen molar-refractivity contribution in [3.63, 3.8) is 0 Å². The van der Waals surface area contributed by atoms with E-state index in [0.717, 1.165) is 16.9 Å². The predicted octanol–water partition coefficient (Wildman–Crippen LogP) is 6.26. The first-order chi connectivity index (χ1) is 16.1. The number of carbonyl (C=O) groups excluding carboxylic acids is 1. The van der Waals surface area contributed by atoms with Crippen molar-refractivity contribution < 1.29 is 17.8 Å². The van der Waals surface area contributed by atoms with Crippen LogP contribution in [-0.2, 0) is 25.8 Å². The van der Waals surface area contributed by atoms with Crippen LogP contribution in [0, 0.1) is 16.7 Å². The first-order valence-electron chi connectivity index (χ1n) is 13.4. The van der Waals surface area contributed by atoms with Crippen molar-refractivity contribution >= 4 is 26.8 Å². The molecule has 0 aliphatic heterocycles. The number of rotatable bonds is 5. The smallest absolute Gasteiger partial charge is 0.155 e. The van der Waals surface area contributed by atoms with E-state index in [4.69, 9.17) is 0 Å². The first kappa shape index (κ1) is 26.2. The van der Waals surface area contributed by atoms with Gasteiger partial charge in [-0.05, 0) is 87.7 Å². The number of carbonyl (C=O) groups is 1. The fraction of sp³-hybridized carbons (Fsp3) is 0.750. The van der Waals surface area contributed by atoms with Gasteiger partial charge in [-0.1, -0.05) is 44.9 Å². The van der Waals surface area contributed by atoms with Gasteiger partial charge in [0.2, 0.25) is 0 Å². The molecule has 5 rings (SSSR count). The molecule has 190 valence electrons. The summed E-state index contributed by atoms with van der Waals surface area (Å²) in [5.41, 5.74) is -1.22. The number of benzene rings is 1. The van der Waals surface area contributed by atoms with Crippen molar-refractivity contribution in [1.82, 2.24) is 0 Å². The van der Waals surface area contributed by atoms with E-state index in [9.17, 15) is 17.8 Å². The average Bonchev–Trinajstić information content (AvgIpc) is 3.15. The van der Waals surface area contributed by atoms with E-state index in [1.54, 1.807) is 4.90 Å². The Balaban J connectivity index is 0.000000166. The number of fused-ring (bicyclic) bond motifs is 2. The summed E-state index contributed by atoms with van der Waals surface area (Å²) in [6.45, 7) is 3.83. The molecule has 2 unspecified atom stereocenters. The van der Waals surface area contributed by atoms with Crippen molar-refractivity contribution in [3.8, 4) is 0 Å². The number of hydrogen-bond donors (Lipinski definition) is 0. The van der Waals surface area contributed by atoms with Crippen LogP contribution in [0.5, 0.6) is 0 Å². The van der Waals surface area contributed by atoms with Crippen LogP contribution in [0.15, 0.2) is 35.2 Å². The molecule has 4 fully saturated rings. The quantitative estimate of drug-likeness (QED) is 0.349. The third-order valence-corrected chi connectivity index (χ3v) is 13.4. The molecular formula is C28H42O4S2. The molecule has 4 nitrogen and oxygen atoms in total. The normalized spacial score (nSPS) is 29.8. The summed E-state index contributed by atoms with van der Waals surface area (Å²) in [5.74, 6) is -0.280. The SMILES string of the molecule is CC1(C)C2CCC1(CS(=O)(=O)[O-])C(=O)C2.c1ccc([S+](C2CCCCC2)C2CCCCC2)cc1. The predicted molar refractivity (Wildman–Crippen MR) is 139 cm³/mol. The summed E-state index contributed by atoms with van der Waals surface area (Å²) >= 11 is 0. The molecule has 0 aromatic heterocycles. The molecular weight excluding hydrogens is 464 g/mol. The van der Waals surface area contributed by atoms with Gasteiger partial charge in [0.15, 0.2) is 4.90 Å². The molecule has 4 aliphatic rings. The van der Waals surface area contributed by atoms with Gasteiger partial charge in [0, 0.05) is 22.7 Å². The van der Waals surface area contributed by atoms with Crippen LogP contribution >= 0.6 is 0 Å². The largest absolute Gasteiger partial charge is 0.748 e. The molecule has 0 saturated heterocycles. The van der Waals surface area contributed by atoms with Gasteiger partial charge in [0.05, 0.1) is 15.9 Å². The number of Topliss-reactive ketones (excluding diaryl/α,β-unsaturated/α-hetero) is 1. The molecule has 1 aromatic rings. The second-order valence-electron chi connectivity index (χ2n) is 11.6. The highest BCUT2D eigenvalue weighted by Crippen LogP contribution is 2.64.